The van der Waals surface area contributed by atoms with Crippen molar-refractivity contribution in [3.05, 3.63) is 0 Å². The van der Waals surface area contributed by atoms with E-state index in [0.29, 0.717) is 6.61 Å². The second kappa shape index (κ2) is 2.69. The first-order valence-electron chi connectivity index (χ1n) is 4.05. The first-order chi connectivity index (χ1) is 5.72. The first-order valence-corrected chi connectivity index (χ1v) is 4.05. The molecular formula is C7H12N2O3. The average Bonchev–Trinajstić information content (AvgIpc) is 2.02. The fraction of sp³-hybridized carbons (Fsp3) is 0.857. The van der Waals surface area contributed by atoms with E-state index in [4.69, 9.17) is 9.84 Å². The van der Waals surface area contributed by atoms with Crippen molar-refractivity contribution in [3.8, 4) is 0 Å². The lowest BCUT2D eigenvalue weighted by Gasteiger charge is -2.47. The molecule has 68 valence electrons. The molecule has 2 fully saturated rings. The summed E-state index contributed by atoms with van der Waals surface area (Å²) in [6.07, 6.45) is 0.0740. The van der Waals surface area contributed by atoms with Crippen molar-refractivity contribution in [2.24, 2.45) is 0 Å². The molecule has 2 saturated heterocycles. The summed E-state index contributed by atoms with van der Waals surface area (Å²) in [5.41, 5.74) is -0.0126. The number of rotatable bonds is 1. The molecule has 0 aliphatic carbocycles. The lowest BCUT2D eigenvalue weighted by molar-refractivity contribution is -0.161. The number of carbonyl (C=O) groups is 1. The second-order valence-corrected chi connectivity index (χ2v) is 3.37. The monoisotopic (exact) mass is 172 g/mol. The minimum Gasteiger partial charge on any atom is -0.478 e. The second-order valence-electron chi connectivity index (χ2n) is 3.37. The van der Waals surface area contributed by atoms with Crippen LogP contribution >= 0.6 is 0 Å². The van der Waals surface area contributed by atoms with Crippen LogP contribution in [0.1, 0.15) is 6.42 Å². The van der Waals surface area contributed by atoms with Crippen molar-refractivity contribution >= 4 is 5.97 Å². The topological polar surface area (TPSA) is 70.6 Å². The summed E-state index contributed by atoms with van der Waals surface area (Å²) >= 11 is 0. The van der Waals surface area contributed by atoms with Crippen LogP contribution < -0.4 is 10.6 Å². The van der Waals surface area contributed by atoms with Crippen molar-refractivity contribution in [2.45, 2.75) is 18.2 Å². The summed E-state index contributed by atoms with van der Waals surface area (Å²) in [7, 11) is 0. The summed E-state index contributed by atoms with van der Waals surface area (Å²) in [4.78, 5) is 10.6. The molecule has 3 N–H and O–H groups in total. The Morgan fingerprint density at radius 3 is 2.83 bits per heavy atom. The Morgan fingerprint density at radius 2 is 2.33 bits per heavy atom. The SMILES string of the molecule is O=C(O)C1NC2(CCO1)CNC2. The third-order valence-corrected chi connectivity index (χ3v) is 2.45. The Bertz CT molecular complexity index is 203. The maximum atomic E-state index is 10.6. The van der Waals surface area contributed by atoms with E-state index in [1.54, 1.807) is 0 Å². The predicted octanol–water partition coefficient (Wildman–Crippen LogP) is -1.25. The summed E-state index contributed by atoms with van der Waals surface area (Å²) in [5, 5.41) is 14.8. The molecule has 2 aliphatic heterocycles. The predicted molar refractivity (Wildman–Crippen MR) is 40.7 cm³/mol. The van der Waals surface area contributed by atoms with Gasteiger partial charge in [-0.15, -0.1) is 0 Å². The lowest BCUT2D eigenvalue weighted by Crippen LogP contribution is -2.73. The van der Waals surface area contributed by atoms with Crippen LogP contribution in [0.4, 0.5) is 0 Å². The zero-order chi connectivity index (χ0) is 8.60. The van der Waals surface area contributed by atoms with E-state index in [9.17, 15) is 4.79 Å². The van der Waals surface area contributed by atoms with Gasteiger partial charge in [-0.25, -0.2) is 4.79 Å². The molecule has 2 rings (SSSR count). The molecule has 1 unspecified atom stereocenters. The molecule has 0 aromatic carbocycles. The van der Waals surface area contributed by atoms with E-state index >= 15 is 0 Å². The molecule has 0 aromatic rings. The number of hydrogen-bond acceptors (Lipinski definition) is 4. The van der Waals surface area contributed by atoms with Gasteiger partial charge in [0.15, 0.2) is 0 Å². The third-order valence-electron chi connectivity index (χ3n) is 2.45. The van der Waals surface area contributed by atoms with E-state index in [1.165, 1.54) is 0 Å². The fourth-order valence-corrected chi connectivity index (χ4v) is 1.60. The number of aliphatic carboxylic acids is 1. The third kappa shape index (κ3) is 1.20. The van der Waals surface area contributed by atoms with Crippen molar-refractivity contribution in [1.82, 2.24) is 10.6 Å². The summed E-state index contributed by atoms with van der Waals surface area (Å²) in [5.74, 6) is -0.930. The number of carboxylic acids is 1. The lowest BCUT2D eigenvalue weighted by atomic mass is 9.88. The van der Waals surface area contributed by atoms with Gasteiger partial charge in [-0.05, 0) is 6.42 Å². The van der Waals surface area contributed by atoms with Crippen molar-refractivity contribution in [1.29, 1.82) is 0 Å². The van der Waals surface area contributed by atoms with Gasteiger partial charge in [-0.2, -0.15) is 0 Å². The minimum absolute atomic E-state index is 0.0126. The Morgan fingerprint density at radius 1 is 1.58 bits per heavy atom. The smallest absolute Gasteiger partial charge is 0.348 e. The normalized spacial score (nSPS) is 32.8. The molecule has 0 radical (unpaired) electrons. The van der Waals surface area contributed by atoms with Crippen molar-refractivity contribution in [3.63, 3.8) is 0 Å². The quantitative estimate of drug-likeness (QED) is 0.461. The minimum atomic E-state index is -0.930. The molecule has 0 saturated carbocycles. The van der Waals surface area contributed by atoms with Crippen LogP contribution in [-0.2, 0) is 9.53 Å². The molecule has 5 heteroatoms. The number of carboxylic acid groups (broad SMARTS) is 1. The summed E-state index contributed by atoms with van der Waals surface area (Å²) < 4.78 is 5.03. The molecule has 0 bridgehead atoms. The van der Waals surface area contributed by atoms with Gasteiger partial charge >= 0.3 is 5.97 Å². The van der Waals surface area contributed by atoms with Gasteiger partial charge in [-0.3, -0.25) is 5.32 Å². The highest BCUT2D eigenvalue weighted by molar-refractivity contribution is 5.72. The van der Waals surface area contributed by atoms with E-state index < -0.39 is 12.2 Å². The highest BCUT2D eigenvalue weighted by Crippen LogP contribution is 2.21. The van der Waals surface area contributed by atoms with Crippen LogP contribution in [0.2, 0.25) is 0 Å². The van der Waals surface area contributed by atoms with E-state index in [1.807, 2.05) is 0 Å². The van der Waals surface area contributed by atoms with Gasteiger partial charge in [0.25, 0.3) is 0 Å². The molecule has 5 nitrogen and oxygen atoms in total. The molecule has 0 aromatic heterocycles. The highest BCUT2D eigenvalue weighted by Gasteiger charge is 2.43. The number of nitrogens with one attached hydrogen (secondary N) is 2. The van der Waals surface area contributed by atoms with E-state index in [-0.39, 0.29) is 5.54 Å². The van der Waals surface area contributed by atoms with Crippen molar-refractivity contribution in [2.75, 3.05) is 19.7 Å². The van der Waals surface area contributed by atoms with Crippen LogP contribution in [0.25, 0.3) is 0 Å². The molecule has 1 atom stereocenters. The molecule has 2 aliphatic rings. The van der Waals surface area contributed by atoms with Crippen LogP contribution in [0, 0.1) is 0 Å². The Balaban J connectivity index is 1.98. The molecule has 0 amide bonds. The largest absolute Gasteiger partial charge is 0.478 e. The average molecular weight is 172 g/mol. The van der Waals surface area contributed by atoms with Crippen LogP contribution in [0.3, 0.4) is 0 Å². The maximum Gasteiger partial charge on any atom is 0.348 e. The van der Waals surface area contributed by atoms with E-state index in [0.717, 1.165) is 19.5 Å². The zero-order valence-corrected chi connectivity index (χ0v) is 6.67. The Kier molecular flexibility index (Phi) is 1.79. The van der Waals surface area contributed by atoms with Crippen molar-refractivity contribution < 1.29 is 14.6 Å². The van der Waals surface area contributed by atoms with Gasteiger partial charge in [0.05, 0.1) is 6.61 Å². The number of hydrogen-bond donors (Lipinski definition) is 3. The zero-order valence-electron chi connectivity index (χ0n) is 6.67. The van der Waals surface area contributed by atoms with Gasteiger partial charge in [-0.1, -0.05) is 0 Å². The summed E-state index contributed by atoms with van der Waals surface area (Å²) in [6.45, 7) is 2.23. The maximum absolute atomic E-state index is 10.6. The molecule has 12 heavy (non-hydrogen) atoms. The van der Waals surface area contributed by atoms with Crippen LogP contribution in [0.5, 0.6) is 0 Å². The van der Waals surface area contributed by atoms with Crippen LogP contribution in [-0.4, -0.2) is 42.5 Å². The molecular weight excluding hydrogens is 160 g/mol. The van der Waals surface area contributed by atoms with Crippen LogP contribution in [0.15, 0.2) is 0 Å². The van der Waals surface area contributed by atoms with Gasteiger partial charge in [0.1, 0.15) is 0 Å². The number of ether oxygens (including phenoxy) is 1. The molecule has 1 spiro atoms. The van der Waals surface area contributed by atoms with Gasteiger partial charge < -0.3 is 15.2 Å². The fourth-order valence-electron chi connectivity index (χ4n) is 1.60. The molecule has 2 heterocycles. The first kappa shape index (κ1) is 7.97. The van der Waals surface area contributed by atoms with Gasteiger partial charge in [0, 0.05) is 18.6 Å². The Hall–Kier alpha value is -0.650. The highest BCUT2D eigenvalue weighted by atomic mass is 16.5. The summed E-state index contributed by atoms with van der Waals surface area (Å²) in [6, 6.07) is 0. The Labute approximate surface area is 70.1 Å². The van der Waals surface area contributed by atoms with Gasteiger partial charge in [0.2, 0.25) is 6.23 Å². The van der Waals surface area contributed by atoms with E-state index in [2.05, 4.69) is 10.6 Å². The standard InChI is InChI=1S/C7H12N2O3/c10-6(11)5-9-7(1-2-12-5)3-8-4-7/h5,8-9H,1-4H2,(H,10,11).